The maximum atomic E-state index is 5.63. The maximum absolute atomic E-state index is 5.63. The highest BCUT2D eigenvalue weighted by Gasteiger charge is 2.21. The van der Waals surface area contributed by atoms with Gasteiger partial charge in [0, 0.05) is 37.4 Å². The molecule has 108 valence electrons. The quantitative estimate of drug-likeness (QED) is 0.831. The van der Waals surface area contributed by atoms with Crippen LogP contribution in [0.4, 0.5) is 0 Å². The second-order valence-electron chi connectivity index (χ2n) is 6.53. The van der Waals surface area contributed by atoms with E-state index in [-0.39, 0.29) is 5.41 Å². The van der Waals surface area contributed by atoms with Gasteiger partial charge in [-0.25, -0.2) is 0 Å². The molecule has 2 heterocycles. The van der Waals surface area contributed by atoms with E-state index < -0.39 is 0 Å². The smallest absolute Gasteiger partial charge is 0.0722 e. The SMILES string of the molecule is Cn1cc(CNCCC2CCCO2)c(C(C)(C)C)n1. The van der Waals surface area contributed by atoms with Gasteiger partial charge in [0.15, 0.2) is 0 Å². The molecule has 0 amide bonds. The lowest BCUT2D eigenvalue weighted by Gasteiger charge is -2.18. The van der Waals surface area contributed by atoms with Crippen LogP contribution in [-0.4, -0.2) is 29.0 Å². The van der Waals surface area contributed by atoms with Gasteiger partial charge in [-0.2, -0.15) is 5.10 Å². The summed E-state index contributed by atoms with van der Waals surface area (Å²) in [6.45, 7) is 9.50. The van der Waals surface area contributed by atoms with Crippen LogP contribution in [0.15, 0.2) is 6.20 Å². The number of nitrogens with one attached hydrogen (secondary N) is 1. The van der Waals surface area contributed by atoms with Gasteiger partial charge in [0.1, 0.15) is 0 Å². The van der Waals surface area contributed by atoms with Crippen molar-refractivity contribution in [2.45, 2.75) is 58.1 Å². The summed E-state index contributed by atoms with van der Waals surface area (Å²) in [6, 6.07) is 0. The van der Waals surface area contributed by atoms with Gasteiger partial charge in [-0.1, -0.05) is 20.8 Å². The Kier molecular flexibility index (Phi) is 4.63. The van der Waals surface area contributed by atoms with Crippen molar-refractivity contribution in [2.24, 2.45) is 7.05 Å². The van der Waals surface area contributed by atoms with E-state index in [9.17, 15) is 0 Å². The average molecular weight is 265 g/mol. The van der Waals surface area contributed by atoms with E-state index in [4.69, 9.17) is 4.74 Å². The van der Waals surface area contributed by atoms with E-state index >= 15 is 0 Å². The second-order valence-corrected chi connectivity index (χ2v) is 6.53. The van der Waals surface area contributed by atoms with Crippen molar-refractivity contribution in [1.29, 1.82) is 0 Å². The molecule has 1 aromatic rings. The molecule has 19 heavy (non-hydrogen) atoms. The molecule has 1 aliphatic rings. The van der Waals surface area contributed by atoms with Crippen molar-refractivity contribution >= 4 is 0 Å². The zero-order valence-electron chi connectivity index (χ0n) is 12.7. The topological polar surface area (TPSA) is 39.1 Å². The molecule has 0 radical (unpaired) electrons. The Hall–Kier alpha value is -0.870. The number of ether oxygens (including phenoxy) is 1. The van der Waals surface area contributed by atoms with Crippen molar-refractivity contribution in [3.63, 3.8) is 0 Å². The molecule has 1 N–H and O–H groups in total. The molecule has 0 saturated carbocycles. The highest BCUT2D eigenvalue weighted by Crippen LogP contribution is 2.24. The van der Waals surface area contributed by atoms with Crippen LogP contribution in [0.2, 0.25) is 0 Å². The lowest BCUT2D eigenvalue weighted by atomic mass is 9.89. The van der Waals surface area contributed by atoms with E-state index in [1.54, 1.807) is 0 Å². The molecule has 1 aliphatic heterocycles. The number of aromatic nitrogens is 2. The molecule has 0 bridgehead atoms. The molecule has 1 fully saturated rings. The minimum atomic E-state index is 0.104. The molecule has 4 nitrogen and oxygen atoms in total. The first-order chi connectivity index (χ1) is 8.97. The molecule has 1 aromatic heterocycles. The van der Waals surface area contributed by atoms with Crippen molar-refractivity contribution in [2.75, 3.05) is 13.2 Å². The molecule has 1 atom stereocenters. The minimum Gasteiger partial charge on any atom is -0.378 e. The van der Waals surface area contributed by atoms with Crippen LogP contribution in [0, 0.1) is 0 Å². The van der Waals surface area contributed by atoms with Gasteiger partial charge in [0.2, 0.25) is 0 Å². The molecule has 0 aromatic carbocycles. The monoisotopic (exact) mass is 265 g/mol. The van der Waals surface area contributed by atoms with Crippen LogP contribution in [0.5, 0.6) is 0 Å². The lowest BCUT2D eigenvalue weighted by molar-refractivity contribution is 0.104. The molecule has 2 rings (SSSR count). The Balaban J connectivity index is 1.82. The molecule has 0 aliphatic carbocycles. The molecule has 1 saturated heterocycles. The van der Waals surface area contributed by atoms with Crippen LogP contribution < -0.4 is 5.32 Å². The zero-order valence-corrected chi connectivity index (χ0v) is 12.7. The average Bonchev–Trinajstić information content (AvgIpc) is 2.93. The van der Waals surface area contributed by atoms with Crippen molar-refractivity contribution in [3.05, 3.63) is 17.5 Å². The summed E-state index contributed by atoms with van der Waals surface area (Å²) in [6.07, 6.45) is 6.16. The van der Waals surface area contributed by atoms with Crippen LogP contribution >= 0.6 is 0 Å². The van der Waals surface area contributed by atoms with E-state index in [2.05, 4.69) is 37.4 Å². The van der Waals surface area contributed by atoms with Crippen LogP contribution in [-0.2, 0) is 23.7 Å². The molecular formula is C15H27N3O. The first-order valence-corrected chi connectivity index (χ1v) is 7.32. The molecule has 4 heteroatoms. The van der Waals surface area contributed by atoms with Crippen molar-refractivity contribution < 1.29 is 4.74 Å². The summed E-state index contributed by atoms with van der Waals surface area (Å²) in [5.74, 6) is 0. The Morgan fingerprint density at radius 2 is 2.26 bits per heavy atom. The molecule has 1 unspecified atom stereocenters. The third kappa shape index (κ3) is 4.05. The van der Waals surface area contributed by atoms with E-state index in [1.807, 2.05) is 11.7 Å². The fourth-order valence-corrected chi connectivity index (χ4v) is 2.66. The maximum Gasteiger partial charge on any atom is 0.0722 e. The fourth-order valence-electron chi connectivity index (χ4n) is 2.66. The lowest BCUT2D eigenvalue weighted by Crippen LogP contribution is -2.22. The van der Waals surface area contributed by atoms with E-state index in [0.717, 1.165) is 26.1 Å². The third-order valence-corrected chi connectivity index (χ3v) is 3.60. The predicted molar refractivity (Wildman–Crippen MR) is 77.2 cm³/mol. The van der Waals surface area contributed by atoms with Gasteiger partial charge in [0.25, 0.3) is 0 Å². The Labute approximate surface area is 116 Å². The number of rotatable bonds is 5. The summed E-state index contributed by atoms with van der Waals surface area (Å²) in [4.78, 5) is 0. The van der Waals surface area contributed by atoms with Crippen molar-refractivity contribution in [1.82, 2.24) is 15.1 Å². The van der Waals surface area contributed by atoms with Gasteiger partial charge < -0.3 is 10.1 Å². The van der Waals surface area contributed by atoms with Gasteiger partial charge in [-0.15, -0.1) is 0 Å². The van der Waals surface area contributed by atoms with Gasteiger partial charge in [-0.3, -0.25) is 4.68 Å². The Bertz CT molecular complexity index is 400. The first-order valence-electron chi connectivity index (χ1n) is 7.32. The van der Waals surface area contributed by atoms with E-state index in [0.29, 0.717) is 6.10 Å². The highest BCUT2D eigenvalue weighted by atomic mass is 16.5. The molecular weight excluding hydrogens is 238 g/mol. The predicted octanol–water partition coefficient (Wildman–Crippen LogP) is 2.38. The van der Waals surface area contributed by atoms with Crippen LogP contribution in [0.25, 0.3) is 0 Å². The zero-order chi connectivity index (χ0) is 13.9. The normalized spacial score (nSPS) is 20.1. The van der Waals surface area contributed by atoms with Gasteiger partial charge in [0.05, 0.1) is 11.8 Å². The summed E-state index contributed by atoms with van der Waals surface area (Å²) in [5.41, 5.74) is 2.61. The standard InChI is InChI=1S/C15H27N3O/c1-15(2,3)14-12(11-18(4)17-14)10-16-8-7-13-6-5-9-19-13/h11,13,16H,5-10H2,1-4H3. The highest BCUT2D eigenvalue weighted by molar-refractivity contribution is 5.23. The first kappa shape index (κ1) is 14.5. The Morgan fingerprint density at radius 3 is 2.89 bits per heavy atom. The minimum absolute atomic E-state index is 0.104. The summed E-state index contributed by atoms with van der Waals surface area (Å²) < 4.78 is 7.55. The largest absolute Gasteiger partial charge is 0.378 e. The molecule has 0 spiro atoms. The van der Waals surface area contributed by atoms with Crippen LogP contribution in [0.1, 0.15) is 51.3 Å². The second kappa shape index (κ2) is 6.06. The van der Waals surface area contributed by atoms with Crippen molar-refractivity contribution in [3.8, 4) is 0 Å². The summed E-state index contributed by atoms with van der Waals surface area (Å²) in [7, 11) is 1.99. The van der Waals surface area contributed by atoms with Gasteiger partial charge in [-0.05, 0) is 25.8 Å². The van der Waals surface area contributed by atoms with Crippen LogP contribution in [0.3, 0.4) is 0 Å². The summed E-state index contributed by atoms with van der Waals surface area (Å²) in [5, 5.41) is 8.11. The number of nitrogens with zero attached hydrogens (tertiary/aromatic N) is 2. The van der Waals surface area contributed by atoms with Gasteiger partial charge >= 0.3 is 0 Å². The fraction of sp³-hybridized carbons (Fsp3) is 0.800. The summed E-state index contributed by atoms with van der Waals surface area (Å²) >= 11 is 0. The van der Waals surface area contributed by atoms with E-state index in [1.165, 1.54) is 24.1 Å². The third-order valence-electron chi connectivity index (χ3n) is 3.60. The number of aryl methyl sites for hydroxylation is 1. The number of hydrogen-bond donors (Lipinski definition) is 1. The number of hydrogen-bond acceptors (Lipinski definition) is 3. The Morgan fingerprint density at radius 1 is 1.47 bits per heavy atom.